The number of halogens is 3. The number of rotatable bonds is 2. The van der Waals surface area contributed by atoms with Crippen molar-refractivity contribution < 1.29 is 5.11 Å². The predicted molar refractivity (Wildman–Crippen MR) is 73.5 cm³/mol. The van der Waals surface area contributed by atoms with Gasteiger partial charge in [0.15, 0.2) is 0 Å². The van der Waals surface area contributed by atoms with Crippen molar-refractivity contribution in [3.05, 3.63) is 50.2 Å². The highest BCUT2D eigenvalue weighted by atomic mass is 35.5. The van der Waals surface area contributed by atoms with Gasteiger partial charge in [0.05, 0.1) is 15.7 Å². The van der Waals surface area contributed by atoms with Crippen LogP contribution in [0.15, 0.2) is 18.2 Å². The van der Waals surface area contributed by atoms with E-state index < -0.39 is 6.10 Å². The number of hydrogen-bond donors (Lipinski definition) is 1. The van der Waals surface area contributed by atoms with E-state index in [0.29, 0.717) is 32.0 Å². The van der Waals surface area contributed by atoms with E-state index in [9.17, 15) is 5.11 Å². The molecule has 1 atom stereocenters. The second kappa shape index (κ2) is 5.10. The second-order valence-electron chi connectivity index (χ2n) is 3.96. The Hall–Kier alpha value is -0.740. The first-order valence-corrected chi connectivity index (χ1v) is 6.37. The molecule has 0 aliphatic rings. The monoisotopic (exact) mass is 304 g/mol. The molecule has 6 heteroatoms. The number of aryl methyl sites for hydroxylation is 2. The van der Waals surface area contributed by atoms with Gasteiger partial charge in [-0.25, -0.2) is 0 Å². The summed E-state index contributed by atoms with van der Waals surface area (Å²) in [5.74, 6) is 0. The van der Waals surface area contributed by atoms with Crippen LogP contribution in [0.1, 0.15) is 22.9 Å². The van der Waals surface area contributed by atoms with E-state index in [2.05, 4.69) is 5.10 Å². The van der Waals surface area contributed by atoms with Gasteiger partial charge < -0.3 is 5.11 Å². The van der Waals surface area contributed by atoms with Crippen LogP contribution in [-0.4, -0.2) is 14.9 Å². The molecule has 1 unspecified atom stereocenters. The molecule has 3 nitrogen and oxygen atoms in total. The van der Waals surface area contributed by atoms with Crippen molar-refractivity contribution in [2.24, 2.45) is 7.05 Å². The highest BCUT2D eigenvalue weighted by Crippen LogP contribution is 2.36. The van der Waals surface area contributed by atoms with E-state index >= 15 is 0 Å². The summed E-state index contributed by atoms with van der Waals surface area (Å²) in [4.78, 5) is 0. The Morgan fingerprint density at radius 1 is 1.28 bits per heavy atom. The van der Waals surface area contributed by atoms with Crippen LogP contribution in [0.3, 0.4) is 0 Å². The first-order valence-electron chi connectivity index (χ1n) is 5.24. The second-order valence-corrected chi connectivity index (χ2v) is 5.10. The van der Waals surface area contributed by atoms with Crippen LogP contribution in [0, 0.1) is 6.92 Å². The number of aliphatic hydroxyl groups is 1. The Bertz CT molecular complexity index is 595. The zero-order valence-corrected chi connectivity index (χ0v) is 12.1. The molecule has 1 heterocycles. The summed E-state index contributed by atoms with van der Waals surface area (Å²) in [5, 5.41) is 15.7. The van der Waals surface area contributed by atoms with Crippen LogP contribution in [0.25, 0.3) is 0 Å². The molecule has 96 valence electrons. The van der Waals surface area contributed by atoms with Gasteiger partial charge >= 0.3 is 0 Å². The molecular weight excluding hydrogens is 295 g/mol. The molecular formula is C12H11Cl3N2O. The minimum absolute atomic E-state index is 0.325. The van der Waals surface area contributed by atoms with Gasteiger partial charge in [0.1, 0.15) is 11.3 Å². The number of benzene rings is 1. The lowest BCUT2D eigenvalue weighted by Crippen LogP contribution is -2.02. The number of aliphatic hydroxyl groups excluding tert-OH is 1. The molecule has 0 radical (unpaired) electrons. The van der Waals surface area contributed by atoms with Crippen LogP contribution < -0.4 is 0 Å². The molecule has 0 saturated carbocycles. The minimum Gasteiger partial charge on any atom is -0.383 e. The first kappa shape index (κ1) is 13.7. The van der Waals surface area contributed by atoms with Crippen LogP contribution in [-0.2, 0) is 7.05 Å². The first-order chi connectivity index (χ1) is 8.43. The van der Waals surface area contributed by atoms with E-state index in [1.165, 1.54) is 4.68 Å². The number of nitrogens with zero attached hydrogens (tertiary/aromatic N) is 2. The molecule has 0 spiro atoms. The third-order valence-corrected chi connectivity index (χ3v) is 4.03. The predicted octanol–water partition coefficient (Wildman–Crippen LogP) is 3.77. The maximum absolute atomic E-state index is 10.4. The van der Waals surface area contributed by atoms with Crippen molar-refractivity contribution in [3.63, 3.8) is 0 Å². The zero-order chi connectivity index (χ0) is 13.4. The Morgan fingerprint density at radius 3 is 2.50 bits per heavy atom. The summed E-state index contributed by atoms with van der Waals surface area (Å²) in [6, 6.07) is 5.10. The average Bonchev–Trinajstić information content (AvgIpc) is 2.56. The summed E-state index contributed by atoms with van der Waals surface area (Å²) < 4.78 is 1.51. The van der Waals surface area contributed by atoms with Crippen molar-refractivity contribution in [1.82, 2.24) is 9.78 Å². The maximum atomic E-state index is 10.4. The lowest BCUT2D eigenvalue weighted by Gasteiger charge is -2.13. The van der Waals surface area contributed by atoms with Crippen molar-refractivity contribution in [2.75, 3.05) is 0 Å². The van der Waals surface area contributed by atoms with Gasteiger partial charge in [0.2, 0.25) is 0 Å². The van der Waals surface area contributed by atoms with E-state index in [1.54, 1.807) is 32.2 Å². The third kappa shape index (κ3) is 2.24. The smallest absolute Gasteiger partial charge is 0.133 e. The summed E-state index contributed by atoms with van der Waals surface area (Å²) in [6.45, 7) is 1.78. The molecule has 18 heavy (non-hydrogen) atoms. The summed E-state index contributed by atoms with van der Waals surface area (Å²) in [7, 11) is 1.71. The van der Waals surface area contributed by atoms with Crippen LogP contribution in [0.4, 0.5) is 0 Å². The topological polar surface area (TPSA) is 38.0 Å². The molecule has 0 bridgehead atoms. The molecule has 1 N–H and O–H groups in total. The lowest BCUT2D eigenvalue weighted by molar-refractivity contribution is 0.219. The largest absolute Gasteiger partial charge is 0.383 e. The SMILES string of the molecule is Cc1nn(C)c(Cl)c1C(O)c1cccc(Cl)c1Cl. The molecule has 0 fully saturated rings. The molecule has 2 rings (SSSR count). The maximum Gasteiger partial charge on any atom is 0.133 e. The fourth-order valence-electron chi connectivity index (χ4n) is 1.84. The van der Waals surface area contributed by atoms with Crippen LogP contribution >= 0.6 is 34.8 Å². The van der Waals surface area contributed by atoms with Gasteiger partial charge in [-0.3, -0.25) is 4.68 Å². The summed E-state index contributed by atoms with van der Waals surface area (Å²) in [6.07, 6.45) is -0.947. The van der Waals surface area contributed by atoms with Gasteiger partial charge in [0.25, 0.3) is 0 Å². The van der Waals surface area contributed by atoms with E-state index in [-0.39, 0.29) is 0 Å². The highest BCUT2D eigenvalue weighted by molar-refractivity contribution is 6.42. The number of hydrogen-bond acceptors (Lipinski definition) is 2. The van der Waals surface area contributed by atoms with Crippen molar-refractivity contribution >= 4 is 34.8 Å². The van der Waals surface area contributed by atoms with Gasteiger partial charge in [-0.15, -0.1) is 0 Å². The lowest BCUT2D eigenvalue weighted by atomic mass is 10.0. The van der Waals surface area contributed by atoms with Gasteiger partial charge in [-0.2, -0.15) is 5.10 Å². The third-order valence-electron chi connectivity index (χ3n) is 2.75. The Balaban J connectivity index is 2.54. The van der Waals surface area contributed by atoms with Crippen molar-refractivity contribution in [2.45, 2.75) is 13.0 Å². The van der Waals surface area contributed by atoms with Crippen LogP contribution in [0.5, 0.6) is 0 Å². The highest BCUT2D eigenvalue weighted by Gasteiger charge is 2.23. The molecule has 0 aliphatic carbocycles. The molecule has 0 aliphatic heterocycles. The fraction of sp³-hybridized carbons (Fsp3) is 0.250. The zero-order valence-electron chi connectivity index (χ0n) is 9.78. The molecule has 0 saturated heterocycles. The van der Waals surface area contributed by atoms with Crippen molar-refractivity contribution in [3.8, 4) is 0 Å². The van der Waals surface area contributed by atoms with E-state index in [4.69, 9.17) is 34.8 Å². The van der Waals surface area contributed by atoms with E-state index in [1.807, 2.05) is 0 Å². The fourth-order valence-corrected chi connectivity index (χ4v) is 2.53. The quantitative estimate of drug-likeness (QED) is 0.917. The van der Waals surface area contributed by atoms with Crippen molar-refractivity contribution in [1.29, 1.82) is 0 Å². The van der Waals surface area contributed by atoms with Gasteiger partial charge in [-0.05, 0) is 13.0 Å². The van der Waals surface area contributed by atoms with Gasteiger partial charge in [-0.1, -0.05) is 46.9 Å². The molecule has 1 aromatic heterocycles. The standard InChI is InChI=1S/C12H11Cl3N2O/c1-6-9(12(15)17(2)16-6)11(18)7-4-3-5-8(13)10(7)14/h3-5,11,18H,1-2H3. The van der Waals surface area contributed by atoms with Crippen LogP contribution in [0.2, 0.25) is 15.2 Å². The summed E-state index contributed by atoms with van der Waals surface area (Å²) >= 11 is 18.1. The van der Waals surface area contributed by atoms with E-state index in [0.717, 1.165) is 0 Å². The summed E-state index contributed by atoms with van der Waals surface area (Å²) in [5.41, 5.74) is 1.72. The normalized spacial score (nSPS) is 12.8. The van der Waals surface area contributed by atoms with Gasteiger partial charge in [0, 0.05) is 18.2 Å². The molecule has 0 amide bonds. The Kier molecular flexibility index (Phi) is 3.87. The number of aromatic nitrogens is 2. The molecule has 2 aromatic rings. The average molecular weight is 306 g/mol. The minimum atomic E-state index is -0.947. The Labute approximate surface area is 120 Å². The molecule has 1 aromatic carbocycles. The Morgan fingerprint density at radius 2 is 1.94 bits per heavy atom.